The number of fused-ring (bicyclic) bond motifs is 1. The third-order valence-electron chi connectivity index (χ3n) is 12.9. The van der Waals surface area contributed by atoms with E-state index >= 15 is 0 Å². The minimum absolute atomic E-state index is 0.0668. The normalized spacial score (nSPS) is 29.1. The molecule has 26 nitrogen and oxygen atoms in total. The summed E-state index contributed by atoms with van der Waals surface area (Å²) in [4.78, 5) is 25.9. The highest BCUT2D eigenvalue weighted by molar-refractivity contribution is 5.89. The van der Waals surface area contributed by atoms with Gasteiger partial charge in [-0.3, -0.25) is 0 Å². The van der Waals surface area contributed by atoms with E-state index < -0.39 is 130 Å². The first-order valence-corrected chi connectivity index (χ1v) is 24.1. The summed E-state index contributed by atoms with van der Waals surface area (Å²) in [6, 6.07) is 17.3. The summed E-state index contributed by atoms with van der Waals surface area (Å²) in [6.07, 6.45) is -23.6. The molecule has 3 aliphatic heterocycles. The highest BCUT2D eigenvalue weighted by Crippen LogP contribution is 2.43. The third-order valence-corrected chi connectivity index (χ3v) is 12.9. The van der Waals surface area contributed by atoms with Crippen molar-refractivity contribution in [1.82, 2.24) is 0 Å². The lowest BCUT2D eigenvalue weighted by atomic mass is 9.97. The summed E-state index contributed by atoms with van der Waals surface area (Å²) >= 11 is 0. The molecule has 26 heteroatoms. The molecule has 0 bridgehead atoms. The van der Waals surface area contributed by atoms with Gasteiger partial charge in [-0.2, -0.15) is 0 Å². The maximum atomic E-state index is 13.1. The summed E-state index contributed by atoms with van der Waals surface area (Å²) in [6.45, 7) is -2.33. The molecule has 4 heterocycles. The molecular formula is C53H57O26+. The number of esters is 2. The molecule has 5 aromatic rings. The van der Waals surface area contributed by atoms with Gasteiger partial charge in [-0.25, -0.2) is 14.0 Å². The fourth-order valence-electron chi connectivity index (χ4n) is 8.54. The van der Waals surface area contributed by atoms with Crippen molar-refractivity contribution in [3.63, 3.8) is 0 Å². The van der Waals surface area contributed by atoms with Crippen molar-refractivity contribution in [2.75, 3.05) is 34.0 Å². The van der Waals surface area contributed by atoms with Crippen LogP contribution in [0.15, 0.2) is 95.4 Å². The number of carbonyl (C=O) groups excluding carboxylic acids is 2. The summed E-state index contributed by atoms with van der Waals surface area (Å²) in [5.41, 5.74) is 0.892. The Bertz CT molecular complexity index is 2980. The average Bonchev–Trinajstić information content (AvgIpc) is 3.47. The molecule has 3 aliphatic rings. The van der Waals surface area contributed by atoms with Crippen molar-refractivity contribution in [2.24, 2.45) is 0 Å². The van der Waals surface area contributed by atoms with Crippen LogP contribution in [0.25, 0.3) is 34.4 Å². The molecule has 4 aromatic carbocycles. The Morgan fingerprint density at radius 3 is 1.59 bits per heavy atom. The molecule has 0 saturated carbocycles. The number of hydrogen-bond acceptors (Lipinski definition) is 25. The average molecular weight is 1110 g/mol. The molecule has 0 amide bonds. The second-order valence-electron chi connectivity index (χ2n) is 18.2. The molecule has 0 unspecified atom stereocenters. The highest BCUT2D eigenvalue weighted by Gasteiger charge is 2.53. The van der Waals surface area contributed by atoms with Crippen LogP contribution in [0.1, 0.15) is 11.1 Å². The molecule has 0 radical (unpaired) electrons. The zero-order chi connectivity index (χ0) is 56.8. The number of methoxy groups -OCH3 is 2. The van der Waals surface area contributed by atoms with Crippen LogP contribution in [0.3, 0.4) is 0 Å². The van der Waals surface area contributed by atoms with Gasteiger partial charge in [0.2, 0.25) is 18.3 Å². The van der Waals surface area contributed by atoms with Crippen LogP contribution < -0.4 is 18.9 Å². The van der Waals surface area contributed by atoms with E-state index in [2.05, 4.69) is 0 Å². The monoisotopic (exact) mass is 1110 g/mol. The minimum Gasteiger partial charge on any atom is -0.508 e. The van der Waals surface area contributed by atoms with Gasteiger partial charge in [0, 0.05) is 24.3 Å². The summed E-state index contributed by atoms with van der Waals surface area (Å²) in [5.74, 6) is -3.47. The number of phenols is 4. The van der Waals surface area contributed by atoms with Crippen molar-refractivity contribution >= 4 is 35.1 Å². The smallest absolute Gasteiger partial charge is 0.402 e. The molecule has 3 saturated heterocycles. The number of benzene rings is 4. The molecular weight excluding hydrogens is 1050 g/mol. The van der Waals surface area contributed by atoms with E-state index in [4.69, 9.17) is 51.8 Å². The molecule has 8 rings (SSSR count). The first-order chi connectivity index (χ1) is 37.8. The highest BCUT2D eigenvalue weighted by atomic mass is 16.8. The van der Waals surface area contributed by atoms with Gasteiger partial charge in [0.15, 0.2) is 35.4 Å². The topological polar surface area (TPSA) is 401 Å². The molecule has 15 atom stereocenters. The van der Waals surface area contributed by atoms with Gasteiger partial charge in [-0.1, -0.05) is 12.1 Å². The lowest BCUT2D eigenvalue weighted by Gasteiger charge is -2.45. The lowest BCUT2D eigenvalue weighted by Crippen LogP contribution is -2.65. The maximum Gasteiger partial charge on any atom is 0.402 e. The number of aliphatic hydroxyl groups excluding tert-OH is 9. The number of phenolic OH excluding ortho intramolecular Hbond substituents is 4. The van der Waals surface area contributed by atoms with Crippen molar-refractivity contribution in [3.8, 4) is 57.3 Å². The number of ether oxygens (including phenoxy) is 10. The predicted molar refractivity (Wildman–Crippen MR) is 266 cm³/mol. The van der Waals surface area contributed by atoms with Gasteiger partial charge >= 0.3 is 23.3 Å². The number of rotatable bonds is 18. The fourth-order valence-corrected chi connectivity index (χ4v) is 8.54. The molecule has 13 N–H and O–H groups in total. The van der Waals surface area contributed by atoms with Crippen LogP contribution in [-0.4, -0.2) is 204 Å². The van der Waals surface area contributed by atoms with E-state index in [1.54, 1.807) is 0 Å². The fraction of sp³-hybridized carbons (Fsp3) is 0.377. The van der Waals surface area contributed by atoms with E-state index in [0.717, 1.165) is 24.3 Å². The van der Waals surface area contributed by atoms with Crippen molar-refractivity contribution < 1.29 is 128 Å². The number of carbonyl (C=O) groups is 2. The maximum absolute atomic E-state index is 13.1. The number of hydrogen-bond donors (Lipinski definition) is 13. The first kappa shape index (κ1) is 57.8. The standard InChI is InChI=1S/C53H56O26/c1-69-33-15-23(3-11-29(33)57)5-13-39(59)71-21-37-42(62)45(65)48(68)52(77-37)79-50-46(66)43(63)38(22-72-40(60)14-6-24-4-12-30(58)34(16-24)70-2)78-53(50)75-35-19-28-31(73-49(35)25-7-9-26(55)10-8-25)17-27(56)18-32(28)74-51-47(67)44(64)41(61)36(20-54)76-51/h3-19,36-38,41-48,50-54,61-68H,20-22H2,1-2H3,(H3-,55,56,57,58,59,60)/p+1/t36-,37-,38-,41-,42-,43-,44+,45+,46+,47-,48-,50-,51-,52+,53-/m1/s1. The zero-order valence-corrected chi connectivity index (χ0v) is 41.7. The molecule has 0 spiro atoms. The SMILES string of the molecule is COc1cc(/C=C/C(=O)OC[C@H]2O[C@@H](O[C@H]3[C@H](Oc4cc5c(O[C@@H]6O[C@H](CO)[C@@H](O)[C@H](O)[C@H]6O)cc(O)cc5[o+]c4-c4ccc(O)cc4)O[C@H](COC(=O)/C=C/c4ccc(O)c(OC)c4)[C@@H](O)[C@@H]3O)[C@H](O)[C@@H](O)[C@@H]2O)ccc1O. The lowest BCUT2D eigenvalue weighted by molar-refractivity contribution is -0.358. The summed E-state index contributed by atoms with van der Waals surface area (Å²) in [7, 11) is 2.66. The van der Waals surface area contributed by atoms with Crippen LogP contribution >= 0.6 is 0 Å². The van der Waals surface area contributed by atoms with Crippen LogP contribution in [0, 0.1) is 0 Å². The van der Waals surface area contributed by atoms with E-state index in [0.29, 0.717) is 11.1 Å². The van der Waals surface area contributed by atoms with Crippen LogP contribution in [0.5, 0.6) is 46.0 Å². The Labute approximate surface area is 447 Å². The van der Waals surface area contributed by atoms with E-state index in [9.17, 15) is 76.0 Å². The quantitative estimate of drug-likeness (QED) is 0.0310. The summed E-state index contributed by atoms with van der Waals surface area (Å²) < 4.78 is 63.1. The Morgan fingerprint density at radius 1 is 0.532 bits per heavy atom. The van der Waals surface area contributed by atoms with Gasteiger partial charge in [-0.15, -0.1) is 0 Å². The molecule has 0 aliphatic carbocycles. The van der Waals surface area contributed by atoms with Crippen LogP contribution in [-0.2, 0) is 38.0 Å². The minimum atomic E-state index is -2.13. The van der Waals surface area contributed by atoms with Gasteiger partial charge < -0.3 is 114 Å². The predicted octanol–water partition coefficient (Wildman–Crippen LogP) is -0.0693. The number of aromatic hydroxyl groups is 4. The van der Waals surface area contributed by atoms with E-state index in [-0.39, 0.29) is 62.5 Å². The molecule has 1 aromatic heterocycles. The molecule has 79 heavy (non-hydrogen) atoms. The van der Waals surface area contributed by atoms with Gasteiger partial charge in [0.1, 0.15) is 103 Å². The third kappa shape index (κ3) is 13.2. The van der Waals surface area contributed by atoms with Gasteiger partial charge in [0.25, 0.3) is 0 Å². The first-order valence-electron chi connectivity index (χ1n) is 24.1. The summed E-state index contributed by atoms with van der Waals surface area (Å²) in [5, 5.41) is 139. The second-order valence-corrected chi connectivity index (χ2v) is 18.2. The Morgan fingerprint density at radius 2 is 1.04 bits per heavy atom. The number of aliphatic hydroxyl groups is 9. The Balaban J connectivity index is 1.11. The molecule has 424 valence electrons. The largest absolute Gasteiger partial charge is 0.508 e. The zero-order valence-electron chi connectivity index (χ0n) is 41.7. The van der Waals surface area contributed by atoms with E-state index in [1.807, 2.05) is 0 Å². The van der Waals surface area contributed by atoms with Gasteiger partial charge in [0.05, 0.1) is 32.5 Å². The van der Waals surface area contributed by atoms with E-state index in [1.165, 1.54) is 93.1 Å². The van der Waals surface area contributed by atoms with Crippen molar-refractivity contribution in [3.05, 3.63) is 102 Å². The second kappa shape index (κ2) is 25.1. The van der Waals surface area contributed by atoms with Crippen LogP contribution in [0.2, 0.25) is 0 Å². The van der Waals surface area contributed by atoms with Crippen molar-refractivity contribution in [2.45, 2.75) is 92.1 Å². The Kier molecular flexibility index (Phi) is 18.4. The molecule has 3 fully saturated rings. The van der Waals surface area contributed by atoms with Crippen LogP contribution in [0.4, 0.5) is 0 Å². The van der Waals surface area contributed by atoms with Crippen molar-refractivity contribution in [1.29, 1.82) is 0 Å². The van der Waals surface area contributed by atoms with Gasteiger partial charge in [-0.05, 0) is 71.8 Å². The Hall–Kier alpha value is -7.41.